The van der Waals surface area contributed by atoms with Gasteiger partial charge in [-0.1, -0.05) is 0 Å². The van der Waals surface area contributed by atoms with Crippen molar-refractivity contribution in [2.24, 2.45) is 46.8 Å². The first-order chi connectivity index (χ1) is 14.5. The van der Waals surface area contributed by atoms with Crippen molar-refractivity contribution >= 4 is 29.7 Å². The van der Waals surface area contributed by atoms with Gasteiger partial charge in [0, 0.05) is 17.6 Å². The van der Waals surface area contributed by atoms with E-state index in [1.165, 1.54) is 19.3 Å². The minimum Gasteiger partial charge on any atom is -0.465 e. The first-order valence-electron chi connectivity index (χ1n) is 11.6. The van der Waals surface area contributed by atoms with E-state index in [0.29, 0.717) is 30.8 Å². The number of fused-ring (bicyclic) bond motifs is 1. The molecule has 164 valence electrons. The number of carbonyl (C=O) groups excluding carboxylic acids is 3. The molecular formula is C23H30O6S. The fourth-order valence-corrected chi connectivity index (χ4v) is 8.65. The van der Waals surface area contributed by atoms with Gasteiger partial charge in [-0.3, -0.25) is 14.4 Å². The van der Waals surface area contributed by atoms with Crippen molar-refractivity contribution in [3.8, 4) is 0 Å². The summed E-state index contributed by atoms with van der Waals surface area (Å²) in [7, 11) is 0. The molecule has 6 unspecified atom stereocenters. The summed E-state index contributed by atoms with van der Waals surface area (Å²) in [5.74, 6) is 0.870. The predicted molar refractivity (Wildman–Crippen MR) is 108 cm³/mol. The van der Waals surface area contributed by atoms with Crippen LogP contribution in [0.25, 0.3) is 0 Å². The molecule has 6 bridgehead atoms. The molecule has 0 aromatic heterocycles. The average Bonchev–Trinajstić information content (AvgIpc) is 3.30. The largest absolute Gasteiger partial charge is 0.465 e. The molecule has 0 aromatic rings. The van der Waals surface area contributed by atoms with Crippen molar-refractivity contribution in [1.29, 1.82) is 0 Å². The summed E-state index contributed by atoms with van der Waals surface area (Å²) in [5.41, 5.74) is -0.340. The molecule has 1 aliphatic heterocycles. The minimum absolute atomic E-state index is 0.0187. The van der Waals surface area contributed by atoms with Crippen molar-refractivity contribution in [3.05, 3.63) is 0 Å². The Hall–Kier alpha value is -1.24. The molecule has 0 amide bonds. The third kappa shape index (κ3) is 2.72. The van der Waals surface area contributed by atoms with E-state index in [0.717, 1.165) is 25.0 Å². The fourth-order valence-electron chi connectivity index (χ4n) is 8.40. The smallest absolute Gasteiger partial charge is 0.312 e. The first kappa shape index (κ1) is 19.4. The van der Waals surface area contributed by atoms with Crippen LogP contribution >= 0.6 is 11.8 Å². The second kappa shape index (κ2) is 6.88. The zero-order valence-corrected chi connectivity index (χ0v) is 18.2. The van der Waals surface area contributed by atoms with Crippen molar-refractivity contribution in [1.82, 2.24) is 0 Å². The normalized spacial score (nSPS) is 49.4. The lowest BCUT2D eigenvalue weighted by Crippen LogP contribution is -2.52. The highest BCUT2D eigenvalue weighted by Gasteiger charge is 2.70. The molecule has 0 N–H and O–H groups in total. The van der Waals surface area contributed by atoms with Crippen LogP contribution < -0.4 is 0 Å². The molecule has 6 atom stereocenters. The summed E-state index contributed by atoms with van der Waals surface area (Å²) >= 11 is 1.61. The van der Waals surface area contributed by atoms with E-state index in [1.807, 2.05) is 6.26 Å². The van der Waals surface area contributed by atoms with Crippen molar-refractivity contribution in [3.63, 3.8) is 0 Å². The quantitative estimate of drug-likeness (QED) is 0.361. The van der Waals surface area contributed by atoms with E-state index in [1.54, 1.807) is 11.8 Å². The molecule has 0 aromatic carbocycles. The lowest BCUT2D eigenvalue weighted by atomic mass is 9.49. The van der Waals surface area contributed by atoms with Gasteiger partial charge in [-0.25, -0.2) is 0 Å². The zero-order chi connectivity index (χ0) is 20.6. The molecule has 7 aliphatic rings. The Morgan fingerprint density at radius 2 is 1.73 bits per heavy atom. The van der Waals surface area contributed by atoms with E-state index in [4.69, 9.17) is 14.2 Å². The van der Waals surface area contributed by atoms with Crippen LogP contribution in [0.2, 0.25) is 0 Å². The molecule has 6 saturated carbocycles. The number of hydrogen-bond donors (Lipinski definition) is 0. The summed E-state index contributed by atoms with van der Waals surface area (Å²) in [6.07, 6.45) is 8.47. The Balaban J connectivity index is 1.20. The molecule has 7 heteroatoms. The monoisotopic (exact) mass is 434 g/mol. The molecule has 6 aliphatic carbocycles. The molecule has 7 rings (SSSR count). The van der Waals surface area contributed by atoms with Crippen LogP contribution in [0.3, 0.4) is 0 Å². The second-order valence-corrected chi connectivity index (χ2v) is 11.7. The van der Waals surface area contributed by atoms with Crippen LogP contribution in [0.15, 0.2) is 0 Å². The Labute approximate surface area is 181 Å². The van der Waals surface area contributed by atoms with Crippen molar-refractivity contribution in [2.45, 2.75) is 57.2 Å². The van der Waals surface area contributed by atoms with Gasteiger partial charge in [0.05, 0.1) is 17.3 Å². The number of thioether (sulfide) groups is 1. The van der Waals surface area contributed by atoms with Gasteiger partial charge in [0.2, 0.25) is 0 Å². The Morgan fingerprint density at radius 3 is 2.37 bits per heavy atom. The molecule has 7 fully saturated rings. The van der Waals surface area contributed by atoms with Gasteiger partial charge < -0.3 is 14.2 Å². The van der Waals surface area contributed by atoms with Crippen molar-refractivity contribution in [2.75, 3.05) is 18.6 Å². The number of hydrogen-bond acceptors (Lipinski definition) is 7. The third-order valence-electron chi connectivity index (χ3n) is 9.06. The van der Waals surface area contributed by atoms with Crippen molar-refractivity contribution < 1.29 is 28.6 Å². The number of esters is 3. The van der Waals surface area contributed by atoms with Crippen LogP contribution in [0, 0.1) is 46.8 Å². The van der Waals surface area contributed by atoms with Gasteiger partial charge in [0.1, 0.15) is 18.8 Å². The van der Waals surface area contributed by atoms with Crippen LogP contribution in [0.5, 0.6) is 0 Å². The summed E-state index contributed by atoms with van der Waals surface area (Å²) in [4.78, 5) is 38.8. The Kier molecular flexibility index (Phi) is 4.46. The highest BCUT2D eigenvalue weighted by molar-refractivity contribution is 7.98. The van der Waals surface area contributed by atoms with Crippen LogP contribution in [0.4, 0.5) is 0 Å². The van der Waals surface area contributed by atoms with Gasteiger partial charge in [0.25, 0.3) is 0 Å². The highest BCUT2D eigenvalue weighted by Crippen LogP contribution is 2.62. The van der Waals surface area contributed by atoms with Gasteiger partial charge >= 0.3 is 17.9 Å². The van der Waals surface area contributed by atoms with Gasteiger partial charge in [-0.05, 0) is 69.0 Å². The number of ether oxygens (including phenoxy) is 3. The summed E-state index contributed by atoms with van der Waals surface area (Å²) in [6, 6.07) is 0. The van der Waals surface area contributed by atoms with Crippen LogP contribution in [-0.2, 0) is 28.6 Å². The molecule has 1 saturated heterocycles. The van der Waals surface area contributed by atoms with Gasteiger partial charge in [-0.2, -0.15) is 11.8 Å². The molecule has 1 heterocycles. The van der Waals surface area contributed by atoms with E-state index >= 15 is 0 Å². The maximum atomic E-state index is 13.5. The second-order valence-electron chi connectivity index (χ2n) is 10.7. The molecular weight excluding hydrogens is 404 g/mol. The fraction of sp³-hybridized carbons (Fsp3) is 0.870. The first-order valence-corrected chi connectivity index (χ1v) is 13.0. The molecule has 0 spiro atoms. The van der Waals surface area contributed by atoms with Crippen LogP contribution in [0.1, 0.15) is 44.9 Å². The Bertz CT molecular complexity index is 744. The lowest BCUT2D eigenvalue weighted by Gasteiger charge is -2.55. The minimum atomic E-state index is -0.530. The van der Waals surface area contributed by atoms with E-state index in [9.17, 15) is 14.4 Å². The van der Waals surface area contributed by atoms with Crippen LogP contribution in [-0.4, -0.2) is 48.7 Å². The van der Waals surface area contributed by atoms with Gasteiger partial charge in [0.15, 0.2) is 0 Å². The number of carbonyl (C=O) groups is 3. The lowest BCUT2D eigenvalue weighted by molar-refractivity contribution is -0.187. The van der Waals surface area contributed by atoms with E-state index in [-0.39, 0.29) is 41.3 Å². The maximum Gasteiger partial charge on any atom is 0.312 e. The summed E-state index contributed by atoms with van der Waals surface area (Å²) < 4.78 is 17.3. The summed E-state index contributed by atoms with van der Waals surface area (Å²) in [6.45, 7) is 0.344. The van der Waals surface area contributed by atoms with E-state index < -0.39 is 17.9 Å². The Morgan fingerprint density at radius 1 is 1.07 bits per heavy atom. The van der Waals surface area contributed by atoms with Gasteiger partial charge in [-0.15, -0.1) is 0 Å². The standard InChI is InChI=1S/C23H30O6S/c1-30-3-2-27-20(24)16-14-7-15-17(16)21(25)28-18(15)19(14)29-22(26)23-8-11-4-12(9-23)6-13(5-11)10-23/h11-19H,2-10H2,1H3. The molecule has 0 radical (unpaired) electrons. The third-order valence-corrected chi connectivity index (χ3v) is 9.64. The molecule has 6 nitrogen and oxygen atoms in total. The maximum absolute atomic E-state index is 13.5. The topological polar surface area (TPSA) is 78.9 Å². The SMILES string of the molecule is CSCCOC(=O)C1C2CC3C(OC(=O)C31)C2OC(=O)C12CC3CC(CC(C3)C1)C2. The predicted octanol–water partition coefficient (Wildman–Crippen LogP) is 2.83. The highest BCUT2D eigenvalue weighted by atomic mass is 32.2. The number of rotatable bonds is 6. The van der Waals surface area contributed by atoms with E-state index in [2.05, 4.69) is 0 Å². The molecule has 30 heavy (non-hydrogen) atoms. The summed E-state index contributed by atoms with van der Waals surface area (Å²) in [5, 5.41) is 0. The average molecular weight is 435 g/mol. The zero-order valence-electron chi connectivity index (χ0n) is 17.4.